The molecule has 0 spiro atoms. The third-order valence-electron chi connectivity index (χ3n) is 9.63. The summed E-state index contributed by atoms with van der Waals surface area (Å²) in [6, 6.07) is 63.5. The molecule has 0 amide bonds. The fourth-order valence-corrected chi connectivity index (χ4v) is 6.25. The molecule has 58 heavy (non-hydrogen) atoms. The number of hydrogen-bond donors (Lipinski definition) is 5. The molecule has 8 aromatic carbocycles. The minimum atomic E-state index is 0.121. The van der Waals surface area contributed by atoms with E-state index in [2.05, 4.69) is 123 Å². The summed E-state index contributed by atoms with van der Waals surface area (Å²) in [4.78, 5) is 0. The second-order valence-corrected chi connectivity index (χ2v) is 13.8. The fourth-order valence-electron chi connectivity index (χ4n) is 6.25. The SMILES string of the molecule is C=Cc1c(C)c(N)c(Nc2ccccc2)c2ccccc12.Cc1ccc(-c2ccc(C)cc2)cc1.N=C(N)c1ccccc1.NCc1ccc(-c2ccccc2)cc1. The molecule has 0 atom stereocenters. The van der Waals surface area contributed by atoms with E-state index in [0.717, 1.165) is 44.5 Å². The molecule has 0 aliphatic heterocycles. The van der Waals surface area contributed by atoms with E-state index in [1.165, 1.54) is 38.9 Å². The lowest BCUT2D eigenvalue weighted by Crippen LogP contribution is -2.10. The highest BCUT2D eigenvalue weighted by Gasteiger charge is 2.13. The number of anilines is 3. The van der Waals surface area contributed by atoms with Crippen LogP contribution in [0.1, 0.15) is 33.4 Å². The summed E-state index contributed by atoms with van der Waals surface area (Å²) < 4.78 is 0. The summed E-state index contributed by atoms with van der Waals surface area (Å²) >= 11 is 0. The number of nitrogens with two attached hydrogens (primary N) is 3. The molecule has 0 saturated heterocycles. The molecule has 0 aliphatic carbocycles. The highest BCUT2D eigenvalue weighted by Crippen LogP contribution is 2.38. The number of benzene rings is 8. The van der Waals surface area contributed by atoms with Crippen LogP contribution in [0.3, 0.4) is 0 Å². The van der Waals surface area contributed by atoms with Crippen molar-refractivity contribution in [2.45, 2.75) is 27.3 Å². The molecule has 0 aromatic heterocycles. The van der Waals surface area contributed by atoms with Gasteiger partial charge in [-0.2, -0.15) is 0 Å². The van der Waals surface area contributed by atoms with Crippen LogP contribution in [0.4, 0.5) is 17.1 Å². The van der Waals surface area contributed by atoms with Crippen LogP contribution in [0, 0.1) is 26.2 Å². The van der Waals surface area contributed by atoms with Crippen molar-refractivity contribution in [2.24, 2.45) is 11.5 Å². The predicted octanol–water partition coefficient (Wildman–Crippen LogP) is 12.9. The average Bonchev–Trinajstić information content (AvgIpc) is 3.28. The first-order valence-electron chi connectivity index (χ1n) is 19.3. The van der Waals surface area contributed by atoms with Crippen molar-refractivity contribution in [3.05, 3.63) is 228 Å². The minimum Gasteiger partial charge on any atom is -0.397 e. The van der Waals surface area contributed by atoms with Gasteiger partial charge in [0.1, 0.15) is 5.84 Å². The first-order chi connectivity index (χ1) is 28.2. The number of fused-ring (bicyclic) bond motifs is 1. The van der Waals surface area contributed by atoms with Gasteiger partial charge in [0.2, 0.25) is 0 Å². The van der Waals surface area contributed by atoms with Gasteiger partial charge in [-0.15, -0.1) is 0 Å². The Morgan fingerprint density at radius 2 is 0.966 bits per heavy atom. The number of aryl methyl sites for hydroxylation is 2. The van der Waals surface area contributed by atoms with E-state index in [1.54, 1.807) is 0 Å². The third-order valence-corrected chi connectivity index (χ3v) is 9.63. The smallest absolute Gasteiger partial charge is 0.122 e. The van der Waals surface area contributed by atoms with Gasteiger partial charge in [-0.1, -0.05) is 200 Å². The maximum Gasteiger partial charge on any atom is 0.122 e. The van der Waals surface area contributed by atoms with E-state index in [-0.39, 0.29) is 5.84 Å². The summed E-state index contributed by atoms with van der Waals surface area (Å²) in [5.41, 5.74) is 31.6. The monoisotopic (exact) mass is 759 g/mol. The van der Waals surface area contributed by atoms with Crippen LogP contribution in [0.25, 0.3) is 39.1 Å². The van der Waals surface area contributed by atoms with Gasteiger partial charge in [-0.25, -0.2) is 0 Å². The van der Waals surface area contributed by atoms with Crippen molar-refractivity contribution in [3.8, 4) is 22.3 Å². The van der Waals surface area contributed by atoms with Crippen molar-refractivity contribution < 1.29 is 0 Å². The summed E-state index contributed by atoms with van der Waals surface area (Å²) in [5.74, 6) is 0.121. The van der Waals surface area contributed by atoms with E-state index in [4.69, 9.17) is 22.6 Å². The maximum absolute atomic E-state index is 7.01. The molecule has 0 fully saturated rings. The van der Waals surface area contributed by atoms with Crippen molar-refractivity contribution in [1.82, 2.24) is 0 Å². The van der Waals surface area contributed by atoms with Crippen LogP contribution < -0.4 is 22.5 Å². The molecule has 0 bridgehead atoms. The molecule has 8 rings (SSSR count). The second-order valence-electron chi connectivity index (χ2n) is 13.8. The number of nitrogens with one attached hydrogen (secondary N) is 2. The molecule has 5 nitrogen and oxygen atoms in total. The lowest BCUT2D eigenvalue weighted by Gasteiger charge is -2.18. The molecule has 0 saturated carbocycles. The summed E-state index contributed by atoms with van der Waals surface area (Å²) in [6.45, 7) is 10.8. The average molecular weight is 760 g/mol. The number of amidine groups is 1. The van der Waals surface area contributed by atoms with Crippen LogP contribution in [-0.2, 0) is 6.54 Å². The molecular weight excluding hydrogens is 707 g/mol. The van der Waals surface area contributed by atoms with Gasteiger partial charge in [0.15, 0.2) is 0 Å². The van der Waals surface area contributed by atoms with Gasteiger partial charge in [0, 0.05) is 23.2 Å². The van der Waals surface area contributed by atoms with Crippen LogP contribution in [0.2, 0.25) is 0 Å². The van der Waals surface area contributed by atoms with Gasteiger partial charge >= 0.3 is 0 Å². The topological polar surface area (TPSA) is 114 Å². The quantitative estimate of drug-likeness (QED) is 0.0632. The number of rotatable bonds is 7. The Bertz CT molecular complexity index is 2450. The molecule has 0 unspecified atom stereocenters. The Hall–Kier alpha value is -7.21. The largest absolute Gasteiger partial charge is 0.397 e. The fraction of sp³-hybridized carbons (Fsp3) is 0.0755. The summed E-state index contributed by atoms with van der Waals surface area (Å²) in [7, 11) is 0. The van der Waals surface area contributed by atoms with Crippen molar-refractivity contribution in [2.75, 3.05) is 11.1 Å². The molecule has 0 aliphatic rings. The van der Waals surface area contributed by atoms with Gasteiger partial charge in [-0.3, -0.25) is 5.41 Å². The lowest BCUT2D eigenvalue weighted by atomic mass is 9.96. The van der Waals surface area contributed by atoms with Crippen molar-refractivity contribution >= 4 is 39.7 Å². The van der Waals surface area contributed by atoms with E-state index in [9.17, 15) is 0 Å². The van der Waals surface area contributed by atoms with Crippen LogP contribution in [-0.4, -0.2) is 5.84 Å². The molecular formula is C53H53N5. The number of hydrogen-bond acceptors (Lipinski definition) is 4. The second kappa shape index (κ2) is 21.2. The van der Waals surface area contributed by atoms with E-state index >= 15 is 0 Å². The Morgan fingerprint density at radius 1 is 0.552 bits per heavy atom. The molecule has 0 radical (unpaired) electrons. The van der Waals surface area contributed by atoms with Gasteiger partial charge in [-0.05, 0) is 77.2 Å². The first kappa shape index (κ1) is 41.9. The van der Waals surface area contributed by atoms with E-state index < -0.39 is 0 Å². The zero-order chi connectivity index (χ0) is 41.3. The van der Waals surface area contributed by atoms with Crippen molar-refractivity contribution in [3.63, 3.8) is 0 Å². The first-order valence-corrected chi connectivity index (χ1v) is 19.3. The van der Waals surface area contributed by atoms with Gasteiger partial charge in [0.05, 0.1) is 11.4 Å². The predicted molar refractivity (Wildman–Crippen MR) is 251 cm³/mol. The maximum atomic E-state index is 7.01. The molecule has 8 N–H and O–H groups in total. The number of nitrogen functional groups attached to an aromatic ring is 2. The number of para-hydroxylation sites is 1. The Kier molecular flexibility index (Phi) is 15.3. The van der Waals surface area contributed by atoms with E-state index in [1.807, 2.05) is 104 Å². The normalized spacial score (nSPS) is 10.1. The molecule has 5 heteroatoms. The van der Waals surface area contributed by atoms with Crippen LogP contribution >= 0.6 is 0 Å². The summed E-state index contributed by atoms with van der Waals surface area (Å²) in [5, 5.41) is 12.7. The summed E-state index contributed by atoms with van der Waals surface area (Å²) in [6.07, 6.45) is 1.88. The Labute approximate surface area is 344 Å². The standard InChI is InChI=1S/C19H18N2.C14H14.C13H13N.C7H8N2/c1-3-15-13(2)18(20)19(17-12-8-7-11-16(15)17)21-14-9-5-4-6-10-14;1-11-3-7-13(8-4-11)14-9-5-12(2)6-10-14;14-10-11-6-8-13(9-7-11)12-4-2-1-3-5-12;8-7(9)6-4-2-1-3-5-6/h3-12,21H,1,20H2,2H3;3-10H,1-2H3;1-9H,10,14H2;1-5H,(H3,8,9). The van der Waals surface area contributed by atoms with Gasteiger partial charge < -0.3 is 22.5 Å². The molecule has 0 heterocycles. The minimum absolute atomic E-state index is 0.121. The molecule has 290 valence electrons. The van der Waals surface area contributed by atoms with E-state index in [0.29, 0.717) is 6.54 Å². The Balaban J connectivity index is 0.000000154. The van der Waals surface area contributed by atoms with Crippen molar-refractivity contribution in [1.29, 1.82) is 5.41 Å². The lowest BCUT2D eigenvalue weighted by molar-refractivity contribution is 1.07. The van der Waals surface area contributed by atoms with Gasteiger partial charge in [0.25, 0.3) is 0 Å². The highest BCUT2D eigenvalue weighted by atomic mass is 14.9. The highest BCUT2D eigenvalue weighted by molar-refractivity contribution is 6.06. The molecule has 8 aromatic rings. The van der Waals surface area contributed by atoms with Crippen LogP contribution in [0.5, 0.6) is 0 Å². The third kappa shape index (κ3) is 11.7. The zero-order valence-electron chi connectivity index (χ0n) is 33.6. The zero-order valence-corrected chi connectivity index (χ0v) is 33.6. The van der Waals surface area contributed by atoms with Crippen LogP contribution in [0.15, 0.2) is 195 Å². The Morgan fingerprint density at radius 3 is 1.41 bits per heavy atom.